The van der Waals surface area contributed by atoms with Crippen LogP contribution in [0.25, 0.3) is 10.8 Å². The van der Waals surface area contributed by atoms with E-state index in [0.717, 1.165) is 18.9 Å². The minimum absolute atomic E-state index is 0.956. The Balaban J connectivity index is 1.81. The highest BCUT2D eigenvalue weighted by Crippen LogP contribution is 2.31. The molecule has 1 aromatic heterocycles. The van der Waals surface area contributed by atoms with Crippen LogP contribution in [-0.4, -0.2) is 4.98 Å². The Labute approximate surface area is 112 Å². The van der Waals surface area contributed by atoms with E-state index < -0.39 is 0 Å². The number of benzene rings is 2. The van der Waals surface area contributed by atoms with Crippen molar-refractivity contribution in [2.75, 3.05) is 4.90 Å². The van der Waals surface area contributed by atoms with Crippen LogP contribution in [0.15, 0.2) is 60.8 Å². The van der Waals surface area contributed by atoms with E-state index >= 15 is 0 Å². The summed E-state index contributed by atoms with van der Waals surface area (Å²) in [6, 6.07) is 19.2. The van der Waals surface area contributed by atoms with Gasteiger partial charge in [-0.25, -0.2) is 4.98 Å². The van der Waals surface area contributed by atoms with Crippen LogP contribution in [0, 0.1) is 0 Å². The fourth-order valence-corrected chi connectivity index (χ4v) is 2.84. The molecule has 0 atom stereocenters. The van der Waals surface area contributed by atoms with Crippen molar-refractivity contribution in [3.8, 4) is 0 Å². The van der Waals surface area contributed by atoms with Gasteiger partial charge in [0, 0.05) is 24.7 Å². The molecule has 2 nitrogen and oxygen atoms in total. The molecule has 0 saturated carbocycles. The van der Waals surface area contributed by atoms with E-state index in [0.29, 0.717) is 0 Å². The molecule has 92 valence electrons. The van der Waals surface area contributed by atoms with Gasteiger partial charge >= 0.3 is 0 Å². The SMILES string of the molecule is c1ccc2c(c1)CN(c1nccc3ccccc13)C2. The monoisotopic (exact) mass is 246 g/mol. The van der Waals surface area contributed by atoms with E-state index in [1.165, 1.54) is 21.9 Å². The van der Waals surface area contributed by atoms with Crippen molar-refractivity contribution >= 4 is 16.6 Å². The predicted octanol–water partition coefficient (Wildman–Crippen LogP) is 3.76. The first kappa shape index (κ1) is 10.6. The number of anilines is 1. The number of hydrogen-bond acceptors (Lipinski definition) is 2. The summed E-state index contributed by atoms with van der Waals surface area (Å²) in [7, 11) is 0. The summed E-state index contributed by atoms with van der Waals surface area (Å²) in [4.78, 5) is 6.95. The second-order valence-corrected chi connectivity index (χ2v) is 4.98. The number of fused-ring (bicyclic) bond motifs is 2. The maximum Gasteiger partial charge on any atom is 0.137 e. The molecule has 19 heavy (non-hydrogen) atoms. The quantitative estimate of drug-likeness (QED) is 0.650. The van der Waals surface area contributed by atoms with Crippen LogP contribution in [0.3, 0.4) is 0 Å². The zero-order chi connectivity index (χ0) is 12.7. The van der Waals surface area contributed by atoms with Crippen molar-refractivity contribution in [2.45, 2.75) is 13.1 Å². The highest BCUT2D eigenvalue weighted by Gasteiger charge is 2.20. The summed E-state index contributed by atoms with van der Waals surface area (Å²) in [5.74, 6) is 1.09. The fourth-order valence-electron chi connectivity index (χ4n) is 2.84. The van der Waals surface area contributed by atoms with E-state index in [4.69, 9.17) is 0 Å². The lowest BCUT2D eigenvalue weighted by Crippen LogP contribution is -2.16. The fraction of sp³-hybridized carbons (Fsp3) is 0.118. The van der Waals surface area contributed by atoms with Crippen LogP contribution in [0.1, 0.15) is 11.1 Å². The molecule has 1 aliphatic heterocycles. The van der Waals surface area contributed by atoms with Gasteiger partial charge in [-0.1, -0.05) is 48.5 Å². The molecule has 0 amide bonds. The highest BCUT2D eigenvalue weighted by molar-refractivity contribution is 5.92. The average Bonchev–Trinajstić information content (AvgIpc) is 2.90. The van der Waals surface area contributed by atoms with Gasteiger partial charge in [0.05, 0.1) is 0 Å². The first-order chi connectivity index (χ1) is 9.42. The third kappa shape index (κ3) is 1.68. The first-order valence-electron chi connectivity index (χ1n) is 6.57. The van der Waals surface area contributed by atoms with E-state index in [2.05, 4.69) is 64.5 Å². The van der Waals surface area contributed by atoms with Gasteiger partial charge < -0.3 is 4.90 Å². The molecule has 0 fully saturated rings. The van der Waals surface area contributed by atoms with Gasteiger partial charge in [0.15, 0.2) is 0 Å². The van der Waals surface area contributed by atoms with Crippen LogP contribution in [0.4, 0.5) is 5.82 Å². The Hall–Kier alpha value is -2.35. The molecule has 2 aromatic carbocycles. The molecule has 3 aromatic rings. The van der Waals surface area contributed by atoms with Crippen LogP contribution in [0.5, 0.6) is 0 Å². The second-order valence-electron chi connectivity index (χ2n) is 4.98. The highest BCUT2D eigenvalue weighted by atomic mass is 15.2. The van der Waals surface area contributed by atoms with Gasteiger partial charge in [0.2, 0.25) is 0 Å². The van der Waals surface area contributed by atoms with Gasteiger partial charge in [-0.3, -0.25) is 0 Å². The Morgan fingerprint density at radius 1 is 0.789 bits per heavy atom. The molecule has 1 aliphatic rings. The summed E-state index contributed by atoms with van der Waals surface area (Å²) in [5, 5.41) is 2.49. The zero-order valence-electron chi connectivity index (χ0n) is 10.6. The molecule has 0 bridgehead atoms. The smallest absolute Gasteiger partial charge is 0.137 e. The molecule has 2 heterocycles. The number of aromatic nitrogens is 1. The summed E-state index contributed by atoms with van der Waals surface area (Å²) in [6.45, 7) is 1.91. The number of hydrogen-bond donors (Lipinski definition) is 0. The molecule has 0 saturated heterocycles. The minimum Gasteiger partial charge on any atom is -0.347 e. The lowest BCUT2D eigenvalue weighted by atomic mass is 10.1. The molecule has 0 spiro atoms. The van der Waals surface area contributed by atoms with Crippen molar-refractivity contribution in [1.82, 2.24) is 4.98 Å². The third-order valence-electron chi connectivity index (χ3n) is 3.79. The molecule has 0 N–H and O–H groups in total. The number of rotatable bonds is 1. The van der Waals surface area contributed by atoms with E-state index in [1.54, 1.807) is 0 Å². The van der Waals surface area contributed by atoms with Crippen LogP contribution in [-0.2, 0) is 13.1 Å². The Bertz CT molecular complexity index is 719. The largest absolute Gasteiger partial charge is 0.347 e. The van der Waals surface area contributed by atoms with Crippen LogP contribution >= 0.6 is 0 Å². The molecule has 4 rings (SSSR count). The lowest BCUT2D eigenvalue weighted by Gasteiger charge is -2.18. The Kier molecular flexibility index (Phi) is 2.27. The van der Waals surface area contributed by atoms with Crippen molar-refractivity contribution < 1.29 is 0 Å². The zero-order valence-corrected chi connectivity index (χ0v) is 10.6. The number of pyridine rings is 1. The molecule has 0 unspecified atom stereocenters. The third-order valence-corrected chi connectivity index (χ3v) is 3.79. The maximum atomic E-state index is 4.60. The molecular formula is C17H14N2. The molecule has 2 heteroatoms. The molecule has 0 aliphatic carbocycles. The van der Waals surface area contributed by atoms with Crippen molar-refractivity contribution in [2.24, 2.45) is 0 Å². The van der Waals surface area contributed by atoms with Gasteiger partial charge in [0.1, 0.15) is 5.82 Å². The topological polar surface area (TPSA) is 16.1 Å². The Morgan fingerprint density at radius 2 is 1.47 bits per heavy atom. The van der Waals surface area contributed by atoms with Crippen molar-refractivity contribution in [3.63, 3.8) is 0 Å². The van der Waals surface area contributed by atoms with Crippen LogP contribution < -0.4 is 4.90 Å². The van der Waals surface area contributed by atoms with E-state index in [1.807, 2.05) is 6.20 Å². The van der Waals surface area contributed by atoms with Crippen molar-refractivity contribution in [1.29, 1.82) is 0 Å². The molecule has 0 radical (unpaired) electrons. The standard InChI is InChI=1S/C17H14N2/c1-2-7-15-12-19(11-14(15)6-1)17-16-8-4-3-5-13(16)9-10-18-17/h1-10H,11-12H2. The summed E-state index contributed by atoms with van der Waals surface area (Å²) in [5.41, 5.74) is 2.83. The summed E-state index contributed by atoms with van der Waals surface area (Å²) >= 11 is 0. The van der Waals surface area contributed by atoms with Gasteiger partial charge in [0.25, 0.3) is 0 Å². The van der Waals surface area contributed by atoms with Gasteiger partial charge in [-0.15, -0.1) is 0 Å². The predicted molar refractivity (Wildman–Crippen MR) is 78.1 cm³/mol. The summed E-state index contributed by atoms with van der Waals surface area (Å²) in [6.07, 6.45) is 1.90. The first-order valence-corrected chi connectivity index (χ1v) is 6.57. The van der Waals surface area contributed by atoms with E-state index in [-0.39, 0.29) is 0 Å². The van der Waals surface area contributed by atoms with E-state index in [9.17, 15) is 0 Å². The normalized spacial score (nSPS) is 13.8. The van der Waals surface area contributed by atoms with Crippen molar-refractivity contribution in [3.05, 3.63) is 71.9 Å². The summed E-state index contributed by atoms with van der Waals surface area (Å²) < 4.78 is 0. The maximum absolute atomic E-state index is 4.60. The van der Waals surface area contributed by atoms with Gasteiger partial charge in [-0.05, 0) is 22.6 Å². The lowest BCUT2D eigenvalue weighted by molar-refractivity contribution is 0.863. The molecular weight excluding hydrogens is 232 g/mol. The van der Waals surface area contributed by atoms with Crippen LogP contribution in [0.2, 0.25) is 0 Å². The second kappa shape index (κ2) is 4.09. The van der Waals surface area contributed by atoms with Gasteiger partial charge in [-0.2, -0.15) is 0 Å². The minimum atomic E-state index is 0.956. The number of nitrogens with zero attached hydrogens (tertiary/aromatic N) is 2. The average molecular weight is 246 g/mol. The Morgan fingerprint density at radius 3 is 2.26 bits per heavy atom.